The molecular formula is C14H16N2O5. The van der Waals surface area contributed by atoms with Gasteiger partial charge in [-0.3, -0.25) is 9.59 Å². The molecule has 1 aromatic rings. The Bertz CT molecular complexity index is 560. The molecule has 2 heterocycles. The standard InChI is InChI=1S/C14H16N2O5/c17-13-4-2-10(16-13)14(18)15-5-6-19-9-1-3-11-12(7-9)21-8-20-11/h1,3,7,10H,2,4-6,8H2,(H,15,18)(H,16,17)/t10-/m0/s1. The van der Waals surface area contributed by atoms with Gasteiger partial charge in [-0.25, -0.2) is 0 Å². The van der Waals surface area contributed by atoms with E-state index in [0.717, 1.165) is 0 Å². The summed E-state index contributed by atoms with van der Waals surface area (Å²) in [4.78, 5) is 22.8. The monoisotopic (exact) mass is 292 g/mol. The molecular weight excluding hydrogens is 276 g/mol. The van der Waals surface area contributed by atoms with Crippen molar-refractivity contribution in [2.45, 2.75) is 18.9 Å². The lowest BCUT2D eigenvalue weighted by Crippen LogP contribution is -2.42. The second kappa shape index (κ2) is 5.90. The van der Waals surface area contributed by atoms with Crippen LogP contribution in [0.15, 0.2) is 18.2 Å². The second-order valence-electron chi connectivity index (χ2n) is 4.81. The maximum atomic E-state index is 11.7. The highest BCUT2D eigenvalue weighted by molar-refractivity contribution is 5.90. The van der Waals surface area contributed by atoms with Crippen LogP contribution in [0, 0.1) is 0 Å². The van der Waals surface area contributed by atoms with Crippen molar-refractivity contribution < 1.29 is 23.8 Å². The lowest BCUT2D eigenvalue weighted by Gasteiger charge is -2.11. The third-order valence-corrected chi connectivity index (χ3v) is 3.33. The molecule has 2 amide bonds. The Balaban J connectivity index is 1.40. The Labute approximate surface area is 121 Å². The van der Waals surface area contributed by atoms with Crippen LogP contribution in [0.2, 0.25) is 0 Å². The number of fused-ring (bicyclic) bond motifs is 1. The van der Waals surface area contributed by atoms with E-state index in [-0.39, 0.29) is 18.6 Å². The molecule has 0 unspecified atom stereocenters. The summed E-state index contributed by atoms with van der Waals surface area (Å²) >= 11 is 0. The number of carbonyl (C=O) groups excluding carboxylic acids is 2. The second-order valence-corrected chi connectivity index (χ2v) is 4.81. The van der Waals surface area contributed by atoms with Crippen molar-refractivity contribution in [3.05, 3.63) is 18.2 Å². The molecule has 1 atom stereocenters. The maximum absolute atomic E-state index is 11.7. The number of carbonyl (C=O) groups is 2. The van der Waals surface area contributed by atoms with E-state index in [1.165, 1.54) is 0 Å². The predicted octanol–water partition coefficient (Wildman–Crippen LogP) is 0.189. The molecule has 0 aliphatic carbocycles. The van der Waals surface area contributed by atoms with Gasteiger partial charge in [-0.15, -0.1) is 0 Å². The Morgan fingerprint density at radius 2 is 2.24 bits per heavy atom. The normalized spacial score (nSPS) is 19.2. The molecule has 0 saturated carbocycles. The van der Waals surface area contributed by atoms with E-state index < -0.39 is 6.04 Å². The molecule has 2 N–H and O–H groups in total. The van der Waals surface area contributed by atoms with E-state index in [0.29, 0.717) is 43.2 Å². The fourth-order valence-electron chi connectivity index (χ4n) is 2.24. The molecule has 112 valence electrons. The minimum Gasteiger partial charge on any atom is -0.492 e. The fourth-order valence-corrected chi connectivity index (χ4v) is 2.24. The van der Waals surface area contributed by atoms with Crippen LogP contribution in [0.4, 0.5) is 0 Å². The summed E-state index contributed by atoms with van der Waals surface area (Å²) in [5.74, 6) is 1.77. The highest BCUT2D eigenvalue weighted by atomic mass is 16.7. The van der Waals surface area contributed by atoms with Gasteiger partial charge in [-0.2, -0.15) is 0 Å². The minimum absolute atomic E-state index is 0.0771. The summed E-state index contributed by atoms with van der Waals surface area (Å²) in [6.07, 6.45) is 0.958. The number of rotatable bonds is 5. The Hall–Kier alpha value is -2.44. The zero-order chi connectivity index (χ0) is 14.7. The van der Waals surface area contributed by atoms with Gasteiger partial charge in [0.1, 0.15) is 18.4 Å². The average molecular weight is 292 g/mol. The van der Waals surface area contributed by atoms with Gasteiger partial charge in [-0.1, -0.05) is 0 Å². The van der Waals surface area contributed by atoms with Gasteiger partial charge in [0.05, 0.1) is 6.54 Å². The van der Waals surface area contributed by atoms with Gasteiger partial charge in [0.15, 0.2) is 11.5 Å². The number of nitrogens with one attached hydrogen (secondary N) is 2. The molecule has 3 rings (SSSR count). The van der Waals surface area contributed by atoms with Crippen LogP contribution in [0.3, 0.4) is 0 Å². The molecule has 2 aliphatic rings. The van der Waals surface area contributed by atoms with Gasteiger partial charge in [0.25, 0.3) is 0 Å². The van der Waals surface area contributed by atoms with Crippen LogP contribution < -0.4 is 24.8 Å². The summed E-state index contributed by atoms with van der Waals surface area (Å²) in [7, 11) is 0. The van der Waals surface area contributed by atoms with Crippen molar-refractivity contribution in [3.8, 4) is 17.2 Å². The highest BCUT2D eigenvalue weighted by Crippen LogP contribution is 2.34. The maximum Gasteiger partial charge on any atom is 0.242 e. The largest absolute Gasteiger partial charge is 0.492 e. The van der Waals surface area contributed by atoms with Crippen molar-refractivity contribution >= 4 is 11.8 Å². The highest BCUT2D eigenvalue weighted by Gasteiger charge is 2.26. The first kappa shape index (κ1) is 13.5. The Morgan fingerprint density at radius 3 is 3.05 bits per heavy atom. The molecule has 7 heteroatoms. The van der Waals surface area contributed by atoms with E-state index in [1.54, 1.807) is 18.2 Å². The van der Waals surface area contributed by atoms with Crippen LogP contribution in [0.1, 0.15) is 12.8 Å². The number of amides is 2. The first-order chi connectivity index (χ1) is 10.2. The van der Waals surface area contributed by atoms with Gasteiger partial charge >= 0.3 is 0 Å². The molecule has 1 fully saturated rings. The number of benzene rings is 1. The number of ether oxygens (including phenoxy) is 3. The molecule has 2 aliphatic heterocycles. The van der Waals surface area contributed by atoms with Crippen molar-refractivity contribution in [2.75, 3.05) is 19.9 Å². The topological polar surface area (TPSA) is 85.9 Å². The van der Waals surface area contributed by atoms with E-state index in [1.807, 2.05) is 0 Å². The SMILES string of the molecule is O=C1CC[C@@H](C(=O)NCCOc2ccc3c(c2)OCO3)N1. The lowest BCUT2D eigenvalue weighted by molar-refractivity contribution is -0.125. The Kier molecular flexibility index (Phi) is 3.81. The van der Waals surface area contributed by atoms with Crippen LogP contribution >= 0.6 is 0 Å². The van der Waals surface area contributed by atoms with Crippen LogP contribution in [0.5, 0.6) is 17.2 Å². The van der Waals surface area contributed by atoms with Crippen molar-refractivity contribution in [1.29, 1.82) is 0 Å². The first-order valence-corrected chi connectivity index (χ1v) is 6.82. The molecule has 0 radical (unpaired) electrons. The summed E-state index contributed by atoms with van der Waals surface area (Å²) in [6.45, 7) is 0.938. The van der Waals surface area contributed by atoms with E-state index in [4.69, 9.17) is 14.2 Å². The predicted molar refractivity (Wildman–Crippen MR) is 72.2 cm³/mol. The van der Waals surface area contributed by atoms with Crippen molar-refractivity contribution in [2.24, 2.45) is 0 Å². The summed E-state index contributed by atoms with van der Waals surface area (Å²) < 4.78 is 16.0. The fraction of sp³-hybridized carbons (Fsp3) is 0.429. The molecule has 0 spiro atoms. The zero-order valence-electron chi connectivity index (χ0n) is 11.4. The lowest BCUT2D eigenvalue weighted by atomic mass is 10.2. The van der Waals surface area contributed by atoms with E-state index in [9.17, 15) is 9.59 Å². The third kappa shape index (κ3) is 3.18. The molecule has 1 aromatic carbocycles. The summed E-state index contributed by atoms with van der Waals surface area (Å²) in [6, 6.07) is 4.90. The Morgan fingerprint density at radius 1 is 1.38 bits per heavy atom. The van der Waals surface area contributed by atoms with Crippen LogP contribution in [-0.2, 0) is 9.59 Å². The van der Waals surface area contributed by atoms with Crippen LogP contribution in [-0.4, -0.2) is 37.8 Å². The summed E-state index contributed by atoms with van der Waals surface area (Å²) in [5, 5.41) is 5.35. The van der Waals surface area contributed by atoms with Gasteiger partial charge < -0.3 is 24.8 Å². The van der Waals surface area contributed by atoms with E-state index >= 15 is 0 Å². The van der Waals surface area contributed by atoms with Crippen molar-refractivity contribution in [1.82, 2.24) is 10.6 Å². The zero-order valence-corrected chi connectivity index (χ0v) is 11.4. The quantitative estimate of drug-likeness (QED) is 0.757. The first-order valence-electron chi connectivity index (χ1n) is 6.82. The average Bonchev–Trinajstić information content (AvgIpc) is 3.11. The number of hydrogen-bond donors (Lipinski definition) is 2. The third-order valence-electron chi connectivity index (χ3n) is 3.33. The van der Waals surface area contributed by atoms with Crippen LogP contribution in [0.25, 0.3) is 0 Å². The minimum atomic E-state index is -0.414. The van der Waals surface area contributed by atoms with Crippen molar-refractivity contribution in [3.63, 3.8) is 0 Å². The van der Waals surface area contributed by atoms with E-state index in [2.05, 4.69) is 10.6 Å². The van der Waals surface area contributed by atoms with Gasteiger partial charge in [-0.05, 0) is 18.6 Å². The summed E-state index contributed by atoms with van der Waals surface area (Å²) in [5.41, 5.74) is 0. The molecule has 1 saturated heterocycles. The van der Waals surface area contributed by atoms with Gasteiger partial charge in [0, 0.05) is 12.5 Å². The molecule has 7 nitrogen and oxygen atoms in total. The molecule has 0 aromatic heterocycles. The molecule has 0 bridgehead atoms. The molecule has 21 heavy (non-hydrogen) atoms. The van der Waals surface area contributed by atoms with Gasteiger partial charge in [0.2, 0.25) is 18.6 Å². The smallest absolute Gasteiger partial charge is 0.242 e. The number of hydrogen-bond acceptors (Lipinski definition) is 5.